The third kappa shape index (κ3) is 2.62. The molecule has 16 heavy (non-hydrogen) atoms. The van der Waals surface area contributed by atoms with Gasteiger partial charge in [0, 0.05) is 11.1 Å². The van der Waals surface area contributed by atoms with Crippen molar-refractivity contribution in [2.24, 2.45) is 0 Å². The minimum atomic E-state index is 0.333. The summed E-state index contributed by atoms with van der Waals surface area (Å²) in [5.41, 5.74) is 0.934. The molecule has 0 spiro atoms. The number of benzene rings is 1. The van der Waals surface area contributed by atoms with Gasteiger partial charge in [-0.3, -0.25) is 0 Å². The van der Waals surface area contributed by atoms with Crippen molar-refractivity contribution in [3.8, 4) is 11.6 Å². The second kappa shape index (κ2) is 4.68. The van der Waals surface area contributed by atoms with E-state index in [0.29, 0.717) is 21.8 Å². The summed E-state index contributed by atoms with van der Waals surface area (Å²) < 4.78 is 5.53. The van der Waals surface area contributed by atoms with Gasteiger partial charge in [0.1, 0.15) is 5.75 Å². The molecule has 0 fully saturated rings. The van der Waals surface area contributed by atoms with Gasteiger partial charge in [0.2, 0.25) is 5.88 Å². The molecule has 2 aromatic rings. The van der Waals surface area contributed by atoms with Crippen LogP contribution in [0.3, 0.4) is 0 Å². The van der Waals surface area contributed by atoms with Crippen LogP contribution in [0.15, 0.2) is 30.3 Å². The van der Waals surface area contributed by atoms with Crippen molar-refractivity contribution < 1.29 is 4.74 Å². The van der Waals surface area contributed by atoms with Gasteiger partial charge in [-0.15, -0.1) is 10.2 Å². The van der Waals surface area contributed by atoms with E-state index < -0.39 is 0 Å². The van der Waals surface area contributed by atoms with E-state index >= 15 is 0 Å². The van der Waals surface area contributed by atoms with Crippen molar-refractivity contribution in [3.63, 3.8) is 0 Å². The Bertz CT molecular complexity index is 500. The summed E-state index contributed by atoms with van der Waals surface area (Å²) in [5, 5.41) is 8.49. The summed E-state index contributed by atoms with van der Waals surface area (Å²) in [6.45, 7) is 1.91. The Kier molecular flexibility index (Phi) is 3.27. The van der Waals surface area contributed by atoms with Crippen molar-refractivity contribution in [3.05, 3.63) is 46.1 Å². The number of aryl methyl sites for hydroxylation is 1. The maximum atomic E-state index is 5.84. The van der Waals surface area contributed by atoms with E-state index in [-0.39, 0.29) is 0 Å². The van der Waals surface area contributed by atoms with Gasteiger partial charge >= 0.3 is 0 Å². The SMILES string of the molecule is Cc1cc(Cl)ccc1Oc1ccc(Cl)nn1. The van der Waals surface area contributed by atoms with Crippen LogP contribution in [0, 0.1) is 6.92 Å². The zero-order valence-electron chi connectivity index (χ0n) is 8.45. The minimum Gasteiger partial charge on any atom is -0.437 e. The largest absolute Gasteiger partial charge is 0.437 e. The minimum absolute atomic E-state index is 0.333. The van der Waals surface area contributed by atoms with Crippen molar-refractivity contribution in [1.29, 1.82) is 0 Å². The lowest BCUT2D eigenvalue weighted by atomic mass is 10.2. The van der Waals surface area contributed by atoms with Gasteiger partial charge in [0.05, 0.1) is 0 Å². The van der Waals surface area contributed by atoms with Gasteiger partial charge < -0.3 is 4.74 Å². The molecule has 0 aliphatic carbocycles. The van der Waals surface area contributed by atoms with Crippen LogP contribution in [-0.4, -0.2) is 10.2 Å². The highest BCUT2D eigenvalue weighted by atomic mass is 35.5. The number of ether oxygens (including phenoxy) is 1. The molecule has 2 rings (SSSR count). The lowest BCUT2D eigenvalue weighted by Crippen LogP contribution is -1.91. The predicted octanol–water partition coefficient (Wildman–Crippen LogP) is 3.88. The summed E-state index contributed by atoms with van der Waals surface area (Å²) in [6.07, 6.45) is 0. The topological polar surface area (TPSA) is 35.0 Å². The van der Waals surface area contributed by atoms with Crippen LogP contribution in [-0.2, 0) is 0 Å². The second-order valence-electron chi connectivity index (χ2n) is 3.21. The van der Waals surface area contributed by atoms with Crippen molar-refractivity contribution in [2.45, 2.75) is 6.92 Å². The summed E-state index contributed by atoms with van der Waals surface area (Å²) in [5.74, 6) is 1.09. The second-order valence-corrected chi connectivity index (χ2v) is 4.03. The fourth-order valence-corrected chi connectivity index (χ4v) is 1.53. The molecule has 1 heterocycles. The molecular weight excluding hydrogens is 247 g/mol. The molecule has 1 aromatic heterocycles. The number of halogens is 2. The standard InChI is InChI=1S/C11H8Cl2N2O/c1-7-6-8(12)2-3-9(7)16-11-5-4-10(13)14-15-11/h2-6H,1H3. The number of aromatic nitrogens is 2. The Labute approximate surface area is 103 Å². The van der Waals surface area contributed by atoms with Crippen LogP contribution in [0.25, 0.3) is 0 Å². The first kappa shape index (κ1) is 11.2. The molecule has 0 unspecified atom stereocenters. The highest BCUT2D eigenvalue weighted by Gasteiger charge is 2.03. The van der Waals surface area contributed by atoms with Crippen molar-refractivity contribution in [1.82, 2.24) is 10.2 Å². The third-order valence-electron chi connectivity index (χ3n) is 1.96. The van der Waals surface area contributed by atoms with Crippen LogP contribution in [0.2, 0.25) is 10.2 Å². The molecule has 0 radical (unpaired) electrons. The molecule has 0 bridgehead atoms. The van der Waals surface area contributed by atoms with Crippen LogP contribution in [0.4, 0.5) is 0 Å². The average Bonchev–Trinajstić information content (AvgIpc) is 2.25. The molecule has 0 aliphatic rings. The zero-order chi connectivity index (χ0) is 11.5. The van der Waals surface area contributed by atoms with E-state index in [4.69, 9.17) is 27.9 Å². The number of hydrogen-bond donors (Lipinski definition) is 0. The van der Waals surface area contributed by atoms with E-state index in [0.717, 1.165) is 5.56 Å². The van der Waals surface area contributed by atoms with E-state index in [2.05, 4.69) is 10.2 Å². The molecule has 0 amide bonds. The quantitative estimate of drug-likeness (QED) is 0.816. The normalized spacial score (nSPS) is 10.2. The predicted molar refractivity (Wildman–Crippen MR) is 63.3 cm³/mol. The summed E-state index contributed by atoms with van der Waals surface area (Å²) in [7, 11) is 0. The first-order valence-electron chi connectivity index (χ1n) is 4.58. The maximum Gasteiger partial charge on any atom is 0.238 e. The summed E-state index contributed by atoms with van der Waals surface area (Å²) >= 11 is 11.5. The molecule has 1 aromatic carbocycles. The molecule has 5 heteroatoms. The molecular formula is C11H8Cl2N2O. The Balaban J connectivity index is 2.23. The van der Waals surface area contributed by atoms with Crippen LogP contribution >= 0.6 is 23.2 Å². The Morgan fingerprint density at radius 1 is 1.06 bits per heavy atom. The molecule has 0 saturated carbocycles. The molecule has 3 nitrogen and oxygen atoms in total. The molecule has 0 atom stereocenters. The molecule has 0 aliphatic heterocycles. The van der Waals surface area contributed by atoms with Crippen molar-refractivity contribution in [2.75, 3.05) is 0 Å². The highest BCUT2D eigenvalue weighted by molar-refractivity contribution is 6.30. The van der Waals surface area contributed by atoms with Gasteiger partial charge in [-0.25, -0.2) is 0 Å². The first-order chi connectivity index (χ1) is 7.65. The van der Waals surface area contributed by atoms with Crippen LogP contribution in [0.1, 0.15) is 5.56 Å². The third-order valence-corrected chi connectivity index (χ3v) is 2.40. The fraction of sp³-hybridized carbons (Fsp3) is 0.0909. The van der Waals surface area contributed by atoms with E-state index in [9.17, 15) is 0 Å². The van der Waals surface area contributed by atoms with Crippen molar-refractivity contribution >= 4 is 23.2 Å². The number of nitrogens with zero attached hydrogens (tertiary/aromatic N) is 2. The van der Waals surface area contributed by atoms with Gasteiger partial charge in [-0.05, 0) is 36.8 Å². The maximum absolute atomic E-state index is 5.84. The smallest absolute Gasteiger partial charge is 0.238 e. The van der Waals surface area contributed by atoms with Gasteiger partial charge in [-0.1, -0.05) is 23.2 Å². The van der Waals surface area contributed by atoms with Gasteiger partial charge in [0.15, 0.2) is 5.15 Å². The monoisotopic (exact) mass is 254 g/mol. The molecule has 0 saturated heterocycles. The number of hydrogen-bond acceptors (Lipinski definition) is 3. The van der Waals surface area contributed by atoms with E-state index in [1.807, 2.05) is 13.0 Å². The lowest BCUT2D eigenvalue weighted by Gasteiger charge is -2.07. The Hall–Kier alpha value is -1.32. The molecule has 0 N–H and O–H groups in total. The fourth-order valence-electron chi connectivity index (χ4n) is 1.20. The Morgan fingerprint density at radius 3 is 2.50 bits per heavy atom. The summed E-state index contributed by atoms with van der Waals surface area (Å²) in [6, 6.07) is 8.64. The summed E-state index contributed by atoms with van der Waals surface area (Å²) in [4.78, 5) is 0. The first-order valence-corrected chi connectivity index (χ1v) is 5.34. The lowest BCUT2D eigenvalue weighted by molar-refractivity contribution is 0.452. The average molecular weight is 255 g/mol. The highest BCUT2D eigenvalue weighted by Crippen LogP contribution is 2.25. The van der Waals surface area contributed by atoms with Gasteiger partial charge in [-0.2, -0.15) is 0 Å². The van der Waals surface area contributed by atoms with E-state index in [1.54, 1.807) is 24.3 Å². The van der Waals surface area contributed by atoms with Gasteiger partial charge in [0.25, 0.3) is 0 Å². The zero-order valence-corrected chi connectivity index (χ0v) is 9.96. The Morgan fingerprint density at radius 2 is 1.88 bits per heavy atom. The molecule has 82 valence electrons. The van der Waals surface area contributed by atoms with Crippen LogP contribution < -0.4 is 4.74 Å². The van der Waals surface area contributed by atoms with E-state index in [1.165, 1.54) is 0 Å². The van der Waals surface area contributed by atoms with Crippen LogP contribution in [0.5, 0.6) is 11.6 Å². The number of rotatable bonds is 2.